The van der Waals surface area contributed by atoms with Gasteiger partial charge in [0.05, 0.1) is 11.5 Å². The van der Waals surface area contributed by atoms with Crippen molar-refractivity contribution in [1.82, 2.24) is 20.4 Å². The van der Waals surface area contributed by atoms with Crippen molar-refractivity contribution in [2.45, 2.75) is 38.1 Å². The number of hydrogen-bond donors (Lipinski definition) is 2. The SMILES string of the molecule is CN=C(NCCN1CCS(=O)(=O)CC1)NC1CCN(C(=O)C2CCCC2)C1. The molecule has 27 heavy (non-hydrogen) atoms. The molecule has 1 atom stereocenters. The number of rotatable bonds is 5. The van der Waals surface area contributed by atoms with Crippen molar-refractivity contribution in [3.63, 3.8) is 0 Å². The monoisotopic (exact) mass is 399 g/mol. The third kappa shape index (κ3) is 5.81. The molecule has 1 aliphatic carbocycles. The molecule has 0 aromatic heterocycles. The number of guanidine groups is 1. The van der Waals surface area contributed by atoms with E-state index in [-0.39, 0.29) is 23.5 Å². The molecular weight excluding hydrogens is 366 g/mol. The number of carbonyl (C=O) groups is 1. The minimum atomic E-state index is -2.83. The van der Waals surface area contributed by atoms with Gasteiger partial charge in [-0.25, -0.2) is 8.42 Å². The third-order valence-corrected chi connectivity index (χ3v) is 7.54. The van der Waals surface area contributed by atoms with E-state index in [2.05, 4.69) is 20.5 Å². The minimum Gasteiger partial charge on any atom is -0.355 e. The van der Waals surface area contributed by atoms with Gasteiger partial charge >= 0.3 is 0 Å². The van der Waals surface area contributed by atoms with Crippen molar-refractivity contribution in [3.05, 3.63) is 0 Å². The minimum absolute atomic E-state index is 0.238. The van der Waals surface area contributed by atoms with Gasteiger partial charge in [0.15, 0.2) is 15.8 Å². The van der Waals surface area contributed by atoms with Gasteiger partial charge in [-0.3, -0.25) is 14.7 Å². The second-order valence-electron chi connectivity index (χ2n) is 7.89. The third-order valence-electron chi connectivity index (χ3n) is 5.93. The van der Waals surface area contributed by atoms with Crippen molar-refractivity contribution < 1.29 is 13.2 Å². The van der Waals surface area contributed by atoms with Crippen molar-refractivity contribution in [2.24, 2.45) is 10.9 Å². The lowest BCUT2D eigenvalue weighted by molar-refractivity contribution is -0.134. The number of sulfone groups is 1. The van der Waals surface area contributed by atoms with Crippen LogP contribution in [0.2, 0.25) is 0 Å². The van der Waals surface area contributed by atoms with Crippen LogP contribution in [0.15, 0.2) is 4.99 Å². The van der Waals surface area contributed by atoms with E-state index in [1.165, 1.54) is 12.8 Å². The summed E-state index contributed by atoms with van der Waals surface area (Å²) < 4.78 is 23.0. The summed E-state index contributed by atoms with van der Waals surface area (Å²) in [6.45, 7) is 4.31. The molecule has 3 aliphatic rings. The fraction of sp³-hybridized carbons (Fsp3) is 0.889. The van der Waals surface area contributed by atoms with Crippen molar-refractivity contribution in [3.8, 4) is 0 Å². The quantitative estimate of drug-likeness (QED) is 0.486. The first-order valence-corrected chi connectivity index (χ1v) is 12.0. The van der Waals surface area contributed by atoms with Gasteiger partial charge in [0.1, 0.15) is 0 Å². The van der Waals surface area contributed by atoms with Gasteiger partial charge in [-0.1, -0.05) is 12.8 Å². The van der Waals surface area contributed by atoms with Crippen LogP contribution < -0.4 is 10.6 Å². The van der Waals surface area contributed by atoms with Crippen LogP contribution in [-0.2, 0) is 14.6 Å². The molecule has 1 amide bonds. The standard InChI is InChI=1S/C18H33N5O3S/c1-19-18(20-7-9-22-10-12-27(25,26)13-11-22)21-16-6-8-23(14-16)17(24)15-4-2-3-5-15/h15-16H,2-14H2,1H3,(H2,19,20,21). The maximum absolute atomic E-state index is 12.5. The molecule has 2 aliphatic heterocycles. The number of amides is 1. The van der Waals surface area contributed by atoms with E-state index in [0.29, 0.717) is 19.0 Å². The van der Waals surface area contributed by atoms with E-state index in [4.69, 9.17) is 0 Å². The smallest absolute Gasteiger partial charge is 0.225 e. The van der Waals surface area contributed by atoms with Gasteiger partial charge in [0.25, 0.3) is 0 Å². The summed E-state index contributed by atoms with van der Waals surface area (Å²) in [5.74, 6) is 1.84. The van der Waals surface area contributed by atoms with Gasteiger partial charge in [-0.15, -0.1) is 0 Å². The molecule has 0 aromatic carbocycles. The van der Waals surface area contributed by atoms with E-state index in [0.717, 1.165) is 51.4 Å². The van der Waals surface area contributed by atoms with E-state index in [1.807, 2.05) is 4.90 Å². The number of carbonyl (C=O) groups excluding carboxylic acids is 1. The van der Waals surface area contributed by atoms with Crippen LogP contribution >= 0.6 is 0 Å². The van der Waals surface area contributed by atoms with E-state index < -0.39 is 9.84 Å². The number of hydrogen-bond acceptors (Lipinski definition) is 5. The fourth-order valence-electron chi connectivity index (χ4n) is 4.20. The highest BCUT2D eigenvalue weighted by molar-refractivity contribution is 7.91. The van der Waals surface area contributed by atoms with Gasteiger partial charge in [-0.05, 0) is 19.3 Å². The van der Waals surface area contributed by atoms with Gasteiger partial charge in [-0.2, -0.15) is 0 Å². The lowest BCUT2D eigenvalue weighted by atomic mass is 10.1. The predicted octanol–water partition coefficient (Wildman–Crippen LogP) is -0.327. The van der Waals surface area contributed by atoms with Crippen molar-refractivity contribution in [1.29, 1.82) is 0 Å². The molecule has 8 nitrogen and oxygen atoms in total. The Bertz CT molecular complexity index is 631. The van der Waals surface area contributed by atoms with E-state index in [9.17, 15) is 13.2 Å². The second kappa shape index (κ2) is 9.23. The Labute approximate surface area is 162 Å². The average molecular weight is 400 g/mol. The highest BCUT2D eigenvalue weighted by Crippen LogP contribution is 2.27. The summed E-state index contributed by atoms with van der Waals surface area (Å²) in [6, 6.07) is 0.238. The molecule has 154 valence electrons. The summed E-state index contributed by atoms with van der Waals surface area (Å²) in [6.07, 6.45) is 5.42. The molecule has 0 radical (unpaired) electrons. The van der Waals surface area contributed by atoms with Crippen LogP contribution in [0.1, 0.15) is 32.1 Å². The Morgan fingerprint density at radius 3 is 2.48 bits per heavy atom. The van der Waals surface area contributed by atoms with Crippen LogP contribution in [0.5, 0.6) is 0 Å². The molecule has 0 bridgehead atoms. The highest BCUT2D eigenvalue weighted by Gasteiger charge is 2.32. The lowest BCUT2D eigenvalue weighted by Crippen LogP contribution is -2.48. The Morgan fingerprint density at radius 2 is 1.81 bits per heavy atom. The molecule has 1 saturated carbocycles. The van der Waals surface area contributed by atoms with E-state index in [1.54, 1.807) is 7.05 Å². The van der Waals surface area contributed by atoms with E-state index >= 15 is 0 Å². The number of likely N-dealkylation sites (tertiary alicyclic amines) is 1. The Hall–Kier alpha value is -1.35. The summed E-state index contributed by atoms with van der Waals surface area (Å²) in [7, 11) is -1.08. The highest BCUT2D eigenvalue weighted by atomic mass is 32.2. The first-order chi connectivity index (χ1) is 13.0. The Morgan fingerprint density at radius 1 is 1.11 bits per heavy atom. The Kier molecular flexibility index (Phi) is 6.97. The number of nitrogens with one attached hydrogen (secondary N) is 2. The zero-order valence-electron chi connectivity index (χ0n) is 16.3. The van der Waals surface area contributed by atoms with Gasteiger partial charge in [0.2, 0.25) is 5.91 Å². The summed E-state index contributed by atoms with van der Waals surface area (Å²) in [5.41, 5.74) is 0. The Balaban J connectivity index is 1.36. The molecule has 1 unspecified atom stereocenters. The fourth-order valence-corrected chi connectivity index (χ4v) is 5.48. The summed E-state index contributed by atoms with van der Waals surface area (Å²) >= 11 is 0. The lowest BCUT2D eigenvalue weighted by Gasteiger charge is -2.27. The van der Waals surface area contributed by atoms with Crippen LogP contribution in [0, 0.1) is 5.92 Å². The van der Waals surface area contributed by atoms with Crippen molar-refractivity contribution >= 4 is 21.7 Å². The van der Waals surface area contributed by atoms with Crippen LogP contribution in [0.3, 0.4) is 0 Å². The first-order valence-electron chi connectivity index (χ1n) is 10.2. The number of aliphatic imine (C=N–C) groups is 1. The molecule has 2 saturated heterocycles. The second-order valence-corrected chi connectivity index (χ2v) is 10.2. The van der Waals surface area contributed by atoms with Crippen LogP contribution in [0.25, 0.3) is 0 Å². The van der Waals surface area contributed by atoms with Gasteiger partial charge in [0, 0.05) is 58.3 Å². The normalized spacial score (nSPS) is 27.1. The van der Waals surface area contributed by atoms with Crippen LogP contribution in [0.4, 0.5) is 0 Å². The zero-order chi connectivity index (χ0) is 19.3. The average Bonchev–Trinajstić information content (AvgIpc) is 3.33. The molecule has 3 fully saturated rings. The predicted molar refractivity (Wildman–Crippen MR) is 107 cm³/mol. The molecular formula is C18H33N5O3S. The molecule has 0 spiro atoms. The molecule has 9 heteroatoms. The summed E-state index contributed by atoms with van der Waals surface area (Å²) in [4.78, 5) is 21.0. The first kappa shape index (κ1) is 20.4. The molecule has 0 aromatic rings. The topological polar surface area (TPSA) is 94.1 Å². The van der Waals surface area contributed by atoms with Gasteiger partial charge < -0.3 is 15.5 Å². The van der Waals surface area contributed by atoms with Crippen LogP contribution in [-0.4, -0.2) is 93.9 Å². The summed E-state index contributed by atoms with van der Waals surface area (Å²) in [5, 5.41) is 6.73. The van der Waals surface area contributed by atoms with Crippen molar-refractivity contribution in [2.75, 3.05) is 57.8 Å². The molecule has 2 N–H and O–H groups in total. The zero-order valence-corrected chi connectivity index (χ0v) is 17.1. The largest absolute Gasteiger partial charge is 0.355 e. The maximum atomic E-state index is 12.5. The maximum Gasteiger partial charge on any atom is 0.225 e. The molecule has 2 heterocycles. The molecule has 3 rings (SSSR count). The number of nitrogens with zero attached hydrogens (tertiary/aromatic N) is 3.